The number of aromatic nitrogens is 2. The summed E-state index contributed by atoms with van der Waals surface area (Å²) in [6.45, 7) is 0.384. The van der Waals surface area contributed by atoms with Gasteiger partial charge in [-0.2, -0.15) is 0 Å². The molecule has 1 aliphatic carbocycles. The molecule has 200 valence electrons. The average Bonchev–Trinajstić information content (AvgIpc) is 3.69. The van der Waals surface area contributed by atoms with Crippen molar-refractivity contribution in [2.75, 3.05) is 32.6 Å². The number of methoxy groups -OCH3 is 2. The summed E-state index contributed by atoms with van der Waals surface area (Å²) in [6.07, 6.45) is 3.94. The summed E-state index contributed by atoms with van der Waals surface area (Å²) in [5, 5.41) is 3.29. The third-order valence-corrected chi connectivity index (χ3v) is 6.92. The number of amides is 2. The van der Waals surface area contributed by atoms with E-state index in [2.05, 4.69) is 5.32 Å². The Hall–Kier alpha value is -4.30. The average molecular weight is 545 g/mol. The monoisotopic (exact) mass is 544 g/mol. The maximum atomic E-state index is 13.3. The van der Waals surface area contributed by atoms with Crippen LogP contribution in [0.3, 0.4) is 0 Å². The molecule has 1 heterocycles. The number of nitrogens with zero attached hydrogens (tertiary/aromatic N) is 3. The first-order valence-electron chi connectivity index (χ1n) is 12.7. The third kappa shape index (κ3) is 6.23. The molecule has 0 aliphatic heterocycles. The Morgan fingerprint density at radius 2 is 1.62 bits per heavy atom. The lowest BCUT2D eigenvalue weighted by atomic mass is 10.1. The van der Waals surface area contributed by atoms with Crippen molar-refractivity contribution in [1.29, 1.82) is 0 Å². The zero-order chi connectivity index (χ0) is 27.4. The van der Waals surface area contributed by atoms with Crippen molar-refractivity contribution in [2.24, 2.45) is 5.92 Å². The highest BCUT2D eigenvalue weighted by Crippen LogP contribution is 2.31. The minimum atomic E-state index is -0.349. The molecule has 9 heteroatoms. The normalized spacial score (nSPS) is 12.6. The Morgan fingerprint density at radius 3 is 2.23 bits per heavy atom. The van der Waals surface area contributed by atoms with Gasteiger partial charge in [0.1, 0.15) is 18.0 Å². The molecule has 0 spiro atoms. The highest BCUT2D eigenvalue weighted by molar-refractivity contribution is 6.33. The molecule has 0 atom stereocenters. The molecule has 0 unspecified atom stereocenters. The number of anilines is 1. The van der Waals surface area contributed by atoms with Crippen LogP contribution in [0.15, 0.2) is 79.0 Å². The Labute approximate surface area is 232 Å². The van der Waals surface area contributed by atoms with E-state index in [1.807, 2.05) is 54.7 Å². The van der Waals surface area contributed by atoms with Gasteiger partial charge in [0.05, 0.1) is 30.5 Å². The van der Waals surface area contributed by atoms with Crippen molar-refractivity contribution in [1.82, 2.24) is 14.5 Å². The molecule has 1 saturated carbocycles. The fourth-order valence-electron chi connectivity index (χ4n) is 4.28. The smallest absolute Gasteiger partial charge is 0.255 e. The lowest BCUT2D eigenvalue weighted by Crippen LogP contribution is -2.39. The molecule has 1 fully saturated rings. The van der Waals surface area contributed by atoms with E-state index < -0.39 is 0 Å². The molecule has 0 saturated heterocycles. The first kappa shape index (κ1) is 26.3. The lowest BCUT2D eigenvalue weighted by molar-refractivity contribution is -0.117. The van der Waals surface area contributed by atoms with Crippen LogP contribution in [0.2, 0.25) is 5.02 Å². The molecule has 5 rings (SSSR count). The summed E-state index contributed by atoms with van der Waals surface area (Å²) < 4.78 is 12.4. The second kappa shape index (κ2) is 11.6. The number of imidazole rings is 1. The van der Waals surface area contributed by atoms with Crippen LogP contribution in [0.25, 0.3) is 16.9 Å². The van der Waals surface area contributed by atoms with Crippen LogP contribution >= 0.6 is 11.6 Å². The van der Waals surface area contributed by atoms with Crippen LogP contribution in [-0.2, 0) is 4.79 Å². The molecule has 3 aromatic carbocycles. The van der Waals surface area contributed by atoms with Crippen LogP contribution in [0.1, 0.15) is 23.2 Å². The van der Waals surface area contributed by atoms with Crippen LogP contribution in [0, 0.1) is 5.92 Å². The Bertz CT molecular complexity index is 1460. The molecular weight excluding hydrogens is 516 g/mol. The SMILES string of the molecule is COc1ccc(-c2cn(-c3ccc(OC)cc3)c(NC(=O)CN(CC3CC3)C(=O)c3ccccc3Cl)n2)cc1. The number of ether oxygens (including phenoxy) is 2. The van der Waals surface area contributed by atoms with Gasteiger partial charge < -0.3 is 14.4 Å². The van der Waals surface area contributed by atoms with Crippen molar-refractivity contribution in [2.45, 2.75) is 12.8 Å². The van der Waals surface area contributed by atoms with E-state index in [9.17, 15) is 9.59 Å². The molecule has 0 radical (unpaired) electrons. The third-order valence-electron chi connectivity index (χ3n) is 6.59. The Balaban J connectivity index is 1.42. The number of benzene rings is 3. The van der Waals surface area contributed by atoms with Gasteiger partial charge >= 0.3 is 0 Å². The van der Waals surface area contributed by atoms with Crippen molar-refractivity contribution in [3.8, 4) is 28.4 Å². The number of nitrogens with one attached hydrogen (secondary N) is 1. The van der Waals surface area contributed by atoms with E-state index in [1.165, 1.54) is 0 Å². The Morgan fingerprint density at radius 1 is 0.974 bits per heavy atom. The summed E-state index contributed by atoms with van der Waals surface area (Å²) in [5.41, 5.74) is 2.71. The summed E-state index contributed by atoms with van der Waals surface area (Å²) in [6, 6.07) is 21.9. The van der Waals surface area contributed by atoms with Crippen molar-refractivity contribution in [3.63, 3.8) is 0 Å². The number of hydrogen-bond donors (Lipinski definition) is 1. The van der Waals surface area contributed by atoms with Gasteiger partial charge in [-0.25, -0.2) is 4.98 Å². The van der Waals surface area contributed by atoms with E-state index in [1.54, 1.807) is 48.0 Å². The van der Waals surface area contributed by atoms with Gasteiger partial charge in [0.25, 0.3) is 5.91 Å². The fourth-order valence-corrected chi connectivity index (χ4v) is 4.50. The van der Waals surface area contributed by atoms with Gasteiger partial charge in [0.2, 0.25) is 11.9 Å². The van der Waals surface area contributed by atoms with E-state index >= 15 is 0 Å². The van der Waals surface area contributed by atoms with Gasteiger partial charge in [0.15, 0.2) is 0 Å². The summed E-state index contributed by atoms with van der Waals surface area (Å²) in [4.78, 5) is 33.0. The number of carbonyl (C=O) groups excluding carboxylic acids is 2. The highest BCUT2D eigenvalue weighted by atomic mass is 35.5. The van der Waals surface area contributed by atoms with Crippen LogP contribution < -0.4 is 14.8 Å². The summed E-state index contributed by atoms with van der Waals surface area (Å²) in [5.74, 6) is 1.58. The standard InChI is InChI=1S/C30H29ClN4O4/c1-38-23-13-9-21(10-14-23)27-18-35(22-11-15-24(39-2)16-12-22)30(32-27)33-28(36)19-34(17-20-7-8-20)29(37)25-5-3-4-6-26(25)31/h3-6,9-16,18,20H,7-8,17,19H2,1-2H3,(H,32,33,36). The zero-order valence-corrected chi connectivity index (χ0v) is 22.5. The van der Waals surface area contributed by atoms with Crippen molar-refractivity contribution >= 4 is 29.4 Å². The molecule has 39 heavy (non-hydrogen) atoms. The zero-order valence-electron chi connectivity index (χ0n) is 21.8. The predicted octanol–water partition coefficient (Wildman–Crippen LogP) is 5.70. The maximum Gasteiger partial charge on any atom is 0.255 e. The lowest BCUT2D eigenvalue weighted by Gasteiger charge is -2.22. The van der Waals surface area contributed by atoms with Crippen LogP contribution in [0.4, 0.5) is 5.95 Å². The van der Waals surface area contributed by atoms with E-state index in [-0.39, 0.29) is 18.4 Å². The summed E-state index contributed by atoms with van der Waals surface area (Å²) >= 11 is 6.29. The molecule has 1 N–H and O–H groups in total. The molecule has 2 amide bonds. The fraction of sp³-hybridized carbons (Fsp3) is 0.233. The van der Waals surface area contributed by atoms with Crippen molar-refractivity contribution in [3.05, 3.63) is 89.6 Å². The van der Waals surface area contributed by atoms with Gasteiger partial charge in [-0.3, -0.25) is 19.5 Å². The quantitative estimate of drug-likeness (QED) is 0.277. The van der Waals surface area contributed by atoms with E-state index in [0.717, 1.165) is 29.8 Å². The molecule has 1 aliphatic rings. The highest BCUT2D eigenvalue weighted by Gasteiger charge is 2.29. The van der Waals surface area contributed by atoms with Gasteiger partial charge in [-0.15, -0.1) is 0 Å². The molecular formula is C30H29ClN4O4. The topological polar surface area (TPSA) is 85.7 Å². The van der Waals surface area contributed by atoms with Crippen LogP contribution in [0.5, 0.6) is 11.5 Å². The first-order chi connectivity index (χ1) is 18.9. The van der Waals surface area contributed by atoms with Gasteiger partial charge in [-0.1, -0.05) is 23.7 Å². The summed E-state index contributed by atoms with van der Waals surface area (Å²) in [7, 11) is 3.22. The van der Waals surface area contributed by atoms with Crippen LogP contribution in [-0.4, -0.2) is 53.6 Å². The number of hydrogen-bond acceptors (Lipinski definition) is 5. The molecule has 0 bridgehead atoms. The van der Waals surface area contributed by atoms with E-state index in [0.29, 0.717) is 40.4 Å². The Kier molecular flexibility index (Phi) is 7.84. The largest absolute Gasteiger partial charge is 0.497 e. The molecule has 8 nitrogen and oxygen atoms in total. The van der Waals surface area contributed by atoms with Crippen molar-refractivity contribution < 1.29 is 19.1 Å². The first-order valence-corrected chi connectivity index (χ1v) is 13.0. The molecule has 4 aromatic rings. The number of halogens is 1. The predicted molar refractivity (Wildman–Crippen MR) is 151 cm³/mol. The minimum Gasteiger partial charge on any atom is -0.497 e. The number of carbonyl (C=O) groups is 2. The minimum absolute atomic E-state index is 0.117. The second-order valence-corrected chi connectivity index (χ2v) is 9.81. The second-order valence-electron chi connectivity index (χ2n) is 9.40. The molecule has 1 aromatic heterocycles. The number of rotatable bonds is 10. The maximum absolute atomic E-state index is 13.3. The van der Waals surface area contributed by atoms with E-state index in [4.69, 9.17) is 26.1 Å². The van der Waals surface area contributed by atoms with Gasteiger partial charge in [-0.05, 0) is 79.4 Å². The van der Waals surface area contributed by atoms with Gasteiger partial charge in [0, 0.05) is 24.0 Å².